The molecule has 106 valence electrons. The Morgan fingerprint density at radius 3 is 2.80 bits per heavy atom. The van der Waals surface area contributed by atoms with Crippen LogP contribution in [0, 0.1) is 0 Å². The quantitative estimate of drug-likeness (QED) is 0.808. The molecule has 5 heteroatoms. The van der Waals surface area contributed by atoms with Crippen molar-refractivity contribution in [2.24, 2.45) is 0 Å². The fourth-order valence-corrected chi connectivity index (χ4v) is 5.13. The second-order valence-electron chi connectivity index (χ2n) is 5.31. The van der Waals surface area contributed by atoms with Crippen molar-refractivity contribution in [2.45, 2.75) is 36.7 Å². The molecule has 1 aromatic rings. The molecule has 2 heterocycles. The van der Waals surface area contributed by atoms with Crippen molar-refractivity contribution in [1.29, 1.82) is 0 Å². The van der Waals surface area contributed by atoms with Crippen LogP contribution >= 0.6 is 0 Å². The minimum atomic E-state index is -0.350. The second kappa shape index (κ2) is 5.58. The maximum atomic E-state index is 12.5. The van der Waals surface area contributed by atoms with Crippen LogP contribution in [0.1, 0.15) is 19.8 Å². The summed E-state index contributed by atoms with van der Waals surface area (Å²) in [6, 6.07) is 9.64. The average molecular weight is 337 g/mol. The Bertz CT molecular complexity index is 520. The Morgan fingerprint density at radius 2 is 2.05 bits per heavy atom. The molecule has 0 spiro atoms. The van der Waals surface area contributed by atoms with Gasteiger partial charge in [0, 0.05) is 0 Å². The molecule has 0 saturated carbocycles. The number of carbonyl (C=O) groups excluding carboxylic acids is 2. The molecule has 0 aliphatic carbocycles. The number of nitrogens with one attached hydrogen (secondary N) is 1. The predicted octanol–water partition coefficient (Wildman–Crippen LogP) is 0.314. The third-order valence-electron chi connectivity index (χ3n) is 3.94. The van der Waals surface area contributed by atoms with Crippen molar-refractivity contribution in [2.75, 3.05) is 6.54 Å². The van der Waals surface area contributed by atoms with E-state index in [1.54, 1.807) is 4.90 Å². The van der Waals surface area contributed by atoms with Crippen LogP contribution in [0.3, 0.4) is 0 Å². The van der Waals surface area contributed by atoms with E-state index in [2.05, 4.69) is 24.4 Å². The van der Waals surface area contributed by atoms with E-state index < -0.39 is 0 Å². The Hall–Kier alpha value is -1.32. The van der Waals surface area contributed by atoms with E-state index in [1.165, 1.54) is 4.46 Å². The fourth-order valence-electron chi connectivity index (χ4n) is 2.89. The van der Waals surface area contributed by atoms with E-state index in [9.17, 15) is 9.59 Å². The molecule has 2 fully saturated rings. The van der Waals surface area contributed by atoms with Gasteiger partial charge in [-0.1, -0.05) is 0 Å². The first-order valence-electron chi connectivity index (χ1n) is 6.99. The van der Waals surface area contributed by atoms with Crippen LogP contribution < -0.4 is 9.78 Å². The summed E-state index contributed by atoms with van der Waals surface area (Å²) < 4.78 is 1.26. The SMILES string of the molecule is C[C@H]([Se]c1ccccc1)[C@@H]1NC(=O)[C@@H]2CCCN2C1=O. The van der Waals surface area contributed by atoms with Crippen molar-refractivity contribution in [3.8, 4) is 0 Å². The topological polar surface area (TPSA) is 49.4 Å². The monoisotopic (exact) mass is 338 g/mol. The number of fused-ring (bicyclic) bond motifs is 1. The number of nitrogens with zero attached hydrogens (tertiary/aromatic N) is 1. The summed E-state index contributed by atoms with van der Waals surface area (Å²) in [6.45, 7) is 2.80. The summed E-state index contributed by atoms with van der Waals surface area (Å²) in [5.74, 6) is 0.139. The van der Waals surface area contributed by atoms with Crippen molar-refractivity contribution >= 4 is 31.2 Å². The summed E-state index contributed by atoms with van der Waals surface area (Å²) in [6.07, 6.45) is 1.75. The summed E-state index contributed by atoms with van der Waals surface area (Å²) in [7, 11) is 0. The molecule has 2 aliphatic rings. The predicted molar refractivity (Wildman–Crippen MR) is 77.9 cm³/mol. The summed E-state index contributed by atoms with van der Waals surface area (Å²) in [5, 5.41) is 2.94. The zero-order valence-corrected chi connectivity index (χ0v) is 13.1. The van der Waals surface area contributed by atoms with Crippen LogP contribution in [0.15, 0.2) is 30.3 Å². The van der Waals surface area contributed by atoms with Gasteiger partial charge < -0.3 is 0 Å². The van der Waals surface area contributed by atoms with Crippen LogP contribution in [0.25, 0.3) is 0 Å². The molecule has 20 heavy (non-hydrogen) atoms. The molecule has 4 nitrogen and oxygen atoms in total. The molecule has 2 amide bonds. The third kappa shape index (κ3) is 2.48. The molecule has 2 aliphatic heterocycles. The Labute approximate surface area is 125 Å². The van der Waals surface area contributed by atoms with Gasteiger partial charge >= 0.3 is 125 Å². The molecule has 0 radical (unpaired) electrons. The van der Waals surface area contributed by atoms with Crippen molar-refractivity contribution in [3.63, 3.8) is 0 Å². The number of hydrogen-bond donors (Lipinski definition) is 1. The first-order chi connectivity index (χ1) is 9.66. The van der Waals surface area contributed by atoms with Gasteiger partial charge in [0.15, 0.2) is 0 Å². The van der Waals surface area contributed by atoms with Crippen LogP contribution in [0.5, 0.6) is 0 Å². The second-order valence-corrected chi connectivity index (χ2v) is 8.36. The molecular weight excluding hydrogens is 319 g/mol. The normalized spacial score (nSPS) is 27.1. The molecule has 1 N–H and O–H groups in total. The molecule has 0 aromatic heterocycles. The summed E-state index contributed by atoms with van der Waals surface area (Å²) in [5.41, 5.74) is 0. The minimum absolute atomic E-state index is 0.0304. The first-order valence-corrected chi connectivity index (χ1v) is 8.84. The number of piperazine rings is 1. The van der Waals surface area contributed by atoms with Crippen LogP contribution in [-0.2, 0) is 9.59 Å². The van der Waals surface area contributed by atoms with Crippen LogP contribution in [0.4, 0.5) is 0 Å². The molecule has 0 unspecified atom stereocenters. The van der Waals surface area contributed by atoms with Crippen molar-refractivity contribution < 1.29 is 9.59 Å². The zero-order valence-electron chi connectivity index (χ0n) is 11.4. The molecule has 1 aromatic carbocycles. The van der Waals surface area contributed by atoms with E-state index in [1.807, 2.05) is 18.2 Å². The number of carbonyl (C=O) groups is 2. The van der Waals surface area contributed by atoms with E-state index in [0.29, 0.717) is 0 Å². The Morgan fingerprint density at radius 1 is 1.30 bits per heavy atom. The van der Waals surface area contributed by atoms with Gasteiger partial charge in [0.2, 0.25) is 0 Å². The summed E-state index contributed by atoms with van der Waals surface area (Å²) in [4.78, 5) is 26.5. The molecule has 3 rings (SSSR count). The fraction of sp³-hybridized carbons (Fsp3) is 0.467. The molecule has 2 saturated heterocycles. The van der Waals surface area contributed by atoms with Gasteiger partial charge in [0.05, 0.1) is 0 Å². The third-order valence-corrected chi connectivity index (χ3v) is 6.43. The maximum absolute atomic E-state index is 12.5. The van der Waals surface area contributed by atoms with Gasteiger partial charge in [-0.3, -0.25) is 0 Å². The number of hydrogen-bond acceptors (Lipinski definition) is 2. The van der Waals surface area contributed by atoms with Crippen molar-refractivity contribution in [1.82, 2.24) is 10.2 Å². The van der Waals surface area contributed by atoms with Gasteiger partial charge in [0.25, 0.3) is 0 Å². The molecule has 0 bridgehead atoms. The van der Waals surface area contributed by atoms with Gasteiger partial charge in [-0.2, -0.15) is 0 Å². The van der Waals surface area contributed by atoms with Gasteiger partial charge in [-0.25, -0.2) is 0 Å². The van der Waals surface area contributed by atoms with E-state index in [4.69, 9.17) is 0 Å². The van der Waals surface area contributed by atoms with Gasteiger partial charge in [0.1, 0.15) is 0 Å². The Balaban J connectivity index is 1.73. The van der Waals surface area contributed by atoms with Gasteiger partial charge in [-0.05, 0) is 0 Å². The standard InChI is InChI=1S/C15H18N2O2Se/c1-10(20-11-6-3-2-4-7-11)13-15(19)17-9-5-8-12(17)14(18)16-13/h2-4,6-7,10,12-13H,5,8-9H2,1H3,(H,16,18)/t10-,12-,13-/m0/s1. The van der Waals surface area contributed by atoms with E-state index in [-0.39, 0.29) is 43.7 Å². The average Bonchev–Trinajstić information content (AvgIpc) is 2.94. The van der Waals surface area contributed by atoms with Crippen LogP contribution in [-0.4, -0.2) is 50.3 Å². The first kappa shape index (κ1) is 13.7. The number of amides is 2. The molecular formula is C15H18N2O2Se. The molecule has 3 atom stereocenters. The van der Waals surface area contributed by atoms with Crippen LogP contribution in [0.2, 0.25) is 4.82 Å². The summed E-state index contributed by atoms with van der Waals surface area (Å²) >= 11 is 0.182. The van der Waals surface area contributed by atoms with Crippen molar-refractivity contribution in [3.05, 3.63) is 30.3 Å². The number of rotatable bonds is 3. The van der Waals surface area contributed by atoms with E-state index >= 15 is 0 Å². The Kier molecular flexibility index (Phi) is 3.81. The number of benzene rings is 1. The zero-order chi connectivity index (χ0) is 14.1. The van der Waals surface area contributed by atoms with E-state index in [0.717, 1.165) is 19.4 Å². The van der Waals surface area contributed by atoms with Gasteiger partial charge in [-0.15, -0.1) is 0 Å².